The lowest BCUT2D eigenvalue weighted by Gasteiger charge is -2.21. The summed E-state index contributed by atoms with van der Waals surface area (Å²) in [5.41, 5.74) is 0.479. The molecular weight excluding hydrogens is 268 g/mol. The molecule has 0 aliphatic heterocycles. The van der Waals surface area contributed by atoms with Crippen LogP contribution in [0.2, 0.25) is 0 Å². The smallest absolute Gasteiger partial charge is 0.340 e. The highest BCUT2D eigenvalue weighted by Gasteiger charge is 2.22. The first kappa shape index (κ1) is 15.5. The maximum atomic E-state index is 12.0. The number of carbonyl (C=O) groups is 1. The monoisotopic (exact) mass is 286 g/mol. The lowest BCUT2D eigenvalue weighted by atomic mass is 10.2. The van der Waals surface area contributed by atoms with Crippen LogP contribution in [0.1, 0.15) is 23.7 Å². The Bertz CT molecular complexity index is 542. The zero-order valence-corrected chi connectivity index (χ0v) is 12.0. The van der Waals surface area contributed by atoms with Gasteiger partial charge in [-0.15, -0.1) is 0 Å². The minimum atomic E-state index is -3.66. The molecule has 0 aliphatic carbocycles. The third kappa shape index (κ3) is 3.68. The number of esters is 1. The largest absolute Gasteiger partial charge is 0.465 e. The highest BCUT2D eigenvalue weighted by molar-refractivity contribution is 7.90. The molecule has 0 heterocycles. The Morgan fingerprint density at radius 3 is 2.58 bits per heavy atom. The summed E-state index contributed by atoms with van der Waals surface area (Å²) in [6, 6.07) is 6.38. The average Bonchev–Trinajstić information content (AvgIpc) is 2.43. The van der Waals surface area contributed by atoms with Crippen molar-refractivity contribution in [3.63, 3.8) is 0 Å². The number of anilines is 1. The number of rotatable bonds is 6. The van der Waals surface area contributed by atoms with Gasteiger partial charge in [-0.1, -0.05) is 19.1 Å². The Hall–Kier alpha value is -1.60. The van der Waals surface area contributed by atoms with Gasteiger partial charge in [-0.25, -0.2) is 4.79 Å². The number of hydrogen-bond donors (Lipinski definition) is 1. The quantitative estimate of drug-likeness (QED) is 0.796. The number of benzene rings is 1. The second-order valence-corrected chi connectivity index (χ2v) is 5.66. The van der Waals surface area contributed by atoms with Gasteiger partial charge in [0.25, 0.3) is 0 Å². The Kier molecular flexibility index (Phi) is 5.31. The fourth-order valence-electron chi connectivity index (χ4n) is 1.49. The van der Waals surface area contributed by atoms with Crippen molar-refractivity contribution in [3.8, 4) is 0 Å². The number of carbonyl (C=O) groups excluding carboxylic acids is 1. The maximum Gasteiger partial charge on any atom is 0.340 e. The molecule has 1 N–H and O–H groups in total. The average molecular weight is 286 g/mol. The van der Waals surface area contributed by atoms with E-state index >= 15 is 0 Å². The number of hydrogen-bond acceptors (Lipinski definition) is 4. The molecule has 0 amide bonds. The first-order valence-electron chi connectivity index (χ1n) is 5.85. The molecule has 0 spiro atoms. The van der Waals surface area contributed by atoms with E-state index in [1.54, 1.807) is 18.2 Å². The summed E-state index contributed by atoms with van der Waals surface area (Å²) in [7, 11) is -1.02. The van der Waals surface area contributed by atoms with E-state index in [0.29, 0.717) is 13.0 Å². The van der Waals surface area contributed by atoms with Crippen LogP contribution in [0, 0.1) is 0 Å². The van der Waals surface area contributed by atoms with Crippen LogP contribution >= 0.6 is 0 Å². The van der Waals surface area contributed by atoms with Gasteiger partial charge in [-0.3, -0.25) is 4.31 Å². The fraction of sp³-hybridized carbons (Fsp3) is 0.417. The molecule has 0 radical (unpaired) electrons. The molecule has 0 aliphatic rings. The van der Waals surface area contributed by atoms with E-state index in [2.05, 4.69) is 9.46 Å². The van der Waals surface area contributed by atoms with Gasteiger partial charge < -0.3 is 4.74 Å². The van der Waals surface area contributed by atoms with E-state index in [-0.39, 0.29) is 11.3 Å². The molecule has 0 aromatic heterocycles. The van der Waals surface area contributed by atoms with Crippen LogP contribution < -0.4 is 9.03 Å². The van der Waals surface area contributed by atoms with Crippen molar-refractivity contribution in [2.45, 2.75) is 13.3 Å². The SMILES string of the molecule is CCCNS(=O)(=O)N(C)c1ccccc1C(=O)OC. The molecule has 1 rings (SSSR count). The van der Waals surface area contributed by atoms with Gasteiger partial charge in [0, 0.05) is 13.6 Å². The first-order chi connectivity index (χ1) is 8.94. The van der Waals surface area contributed by atoms with Crippen molar-refractivity contribution < 1.29 is 17.9 Å². The van der Waals surface area contributed by atoms with Gasteiger partial charge in [0.2, 0.25) is 0 Å². The van der Waals surface area contributed by atoms with Crippen molar-refractivity contribution in [1.82, 2.24) is 4.72 Å². The Morgan fingerprint density at radius 1 is 1.37 bits per heavy atom. The van der Waals surface area contributed by atoms with Gasteiger partial charge in [0.15, 0.2) is 0 Å². The van der Waals surface area contributed by atoms with Crippen LogP contribution in [-0.2, 0) is 14.9 Å². The second kappa shape index (κ2) is 6.53. The van der Waals surface area contributed by atoms with Gasteiger partial charge in [-0.2, -0.15) is 13.1 Å². The van der Waals surface area contributed by atoms with Gasteiger partial charge in [-0.05, 0) is 18.6 Å². The van der Waals surface area contributed by atoms with E-state index in [0.717, 1.165) is 4.31 Å². The molecule has 6 nitrogen and oxygen atoms in total. The third-order valence-electron chi connectivity index (χ3n) is 2.54. The van der Waals surface area contributed by atoms with Crippen molar-refractivity contribution in [1.29, 1.82) is 0 Å². The molecule has 106 valence electrons. The molecule has 1 aromatic rings. The molecular formula is C12H18N2O4S. The summed E-state index contributed by atoms with van der Waals surface area (Å²) in [6.07, 6.45) is 0.686. The lowest BCUT2D eigenvalue weighted by Crippen LogP contribution is -2.39. The predicted octanol–water partition coefficient (Wildman–Crippen LogP) is 1.15. The van der Waals surface area contributed by atoms with E-state index in [4.69, 9.17) is 0 Å². The summed E-state index contributed by atoms with van der Waals surface area (Å²) in [4.78, 5) is 11.6. The minimum Gasteiger partial charge on any atom is -0.465 e. The molecule has 19 heavy (non-hydrogen) atoms. The Labute approximate surface area is 113 Å². The van der Waals surface area contributed by atoms with Crippen molar-refractivity contribution in [3.05, 3.63) is 29.8 Å². The Morgan fingerprint density at radius 2 is 2.00 bits per heavy atom. The molecule has 7 heteroatoms. The first-order valence-corrected chi connectivity index (χ1v) is 7.29. The number of para-hydroxylation sites is 1. The summed E-state index contributed by atoms with van der Waals surface area (Å²) in [5.74, 6) is -0.576. The molecule has 1 aromatic carbocycles. The molecule has 0 unspecified atom stereocenters. The maximum absolute atomic E-state index is 12.0. The van der Waals surface area contributed by atoms with E-state index in [1.165, 1.54) is 20.2 Å². The molecule has 0 saturated heterocycles. The number of nitrogens with one attached hydrogen (secondary N) is 1. The zero-order chi connectivity index (χ0) is 14.5. The fourth-order valence-corrected chi connectivity index (χ4v) is 2.56. The van der Waals surface area contributed by atoms with Crippen LogP contribution in [-0.4, -0.2) is 35.1 Å². The van der Waals surface area contributed by atoms with Crippen molar-refractivity contribution in [2.75, 3.05) is 25.0 Å². The van der Waals surface area contributed by atoms with Crippen molar-refractivity contribution in [2.24, 2.45) is 0 Å². The van der Waals surface area contributed by atoms with Gasteiger partial charge in [0.05, 0.1) is 18.4 Å². The zero-order valence-electron chi connectivity index (χ0n) is 11.2. The topological polar surface area (TPSA) is 75.7 Å². The molecule has 0 atom stereocenters. The predicted molar refractivity (Wildman–Crippen MR) is 73.4 cm³/mol. The van der Waals surface area contributed by atoms with Crippen LogP contribution in [0.25, 0.3) is 0 Å². The van der Waals surface area contributed by atoms with E-state index < -0.39 is 16.2 Å². The highest BCUT2D eigenvalue weighted by Crippen LogP contribution is 2.21. The van der Waals surface area contributed by atoms with E-state index in [9.17, 15) is 13.2 Å². The molecule has 0 saturated carbocycles. The standard InChI is InChI=1S/C12H18N2O4S/c1-4-9-13-19(16,17)14(2)11-8-6-5-7-10(11)12(15)18-3/h5-8,13H,4,9H2,1-3H3. The normalized spacial score (nSPS) is 11.1. The van der Waals surface area contributed by atoms with Gasteiger partial charge >= 0.3 is 16.2 Å². The van der Waals surface area contributed by atoms with E-state index in [1.807, 2.05) is 6.92 Å². The number of ether oxygens (including phenoxy) is 1. The minimum absolute atomic E-state index is 0.203. The van der Waals surface area contributed by atoms with Crippen LogP contribution in [0.3, 0.4) is 0 Å². The van der Waals surface area contributed by atoms with Crippen LogP contribution in [0.4, 0.5) is 5.69 Å². The van der Waals surface area contributed by atoms with Crippen LogP contribution in [0.5, 0.6) is 0 Å². The lowest BCUT2D eigenvalue weighted by molar-refractivity contribution is 0.0601. The van der Waals surface area contributed by atoms with Gasteiger partial charge in [0.1, 0.15) is 0 Å². The molecule has 0 bridgehead atoms. The summed E-state index contributed by atoms with van der Waals surface area (Å²) in [5, 5.41) is 0. The molecule has 0 fully saturated rings. The number of methoxy groups -OCH3 is 1. The highest BCUT2D eigenvalue weighted by atomic mass is 32.2. The summed E-state index contributed by atoms with van der Waals surface area (Å²) < 4.78 is 32.1. The Balaban J connectivity index is 3.12. The summed E-state index contributed by atoms with van der Waals surface area (Å²) >= 11 is 0. The summed E-state index contributed by atoms with van der Waals surface area (Å²) in [6.45, 7) is 2.21. The second-order valence-electron chi connectivity index (χ2n) is 3.88. The van der Waals surface area contributed by atoms with Crippen molar-refractivity contribution >= 4 is 21.9 Å². The third-order valence-corrected chi connectivity index (χ3v) is 4.03. The number of nitrogens with zero attached hydrogens (tertiary/aromatic N) is 1. The van der Waals surface area contributed by atoms with Crippen LogP contribution in [0.15, 0.2) is 24.3 Å².